The minimum Gasteiger partial charge on any atom is -0.355 e. The number of aromatic nitrogens is 2. The smallest absolute Gasteiger partial charge is 0.323 e. The van der Waals surface area contributed by atoms with Crippen LogP contribution >= 0.6 is 0 Å². The molecule has 3 aromatic rings. The van der Waals surface area contributed by atoms with Crippen molar-refractivity contribution in [1.29, 1.82) is 0 Å². The molecule has 6 nitrogen and oxygen atoms in total. The van der Waals surface area contributed by atoms with Crippen molar-refractivity contribution >= 4 is 23.2 Å². The molecular weight excluding hydrogens is 374 g/mol. The number of hydrogen-bond acceptors (Lipinski definition) is 4. The topological polar surface area (TPSA) is 70.2 Å². The fourth-order valence-corrected chi connectivity index (χ4v) is 3.64. The highest BCUT2D eigenvalue weighted by Crippen LogP contribution is 2.23. The Morgan fingerprint density at radius 3 is 2.30 bits per heavy atom. The van der Waals surface area contributed by atoms with Gasteiger partial charge in [0.05, 0.1) is 5.69 Å². The molecule has 2 aromatic carbocycles. The first-order chi connectivity index (χ1) is 14.6. The van der Waals surface area contributed by atoms with Crippen LogP contribution in [0.4, 0.5) is 22.0 Å². The summed E-state index contributed by atoms with van der Waals surface area (Å²) in [4.78, 5) is 14.7. The van der Waals surface area contributed by atoms with Crippen LogP contribution in [0.5, 0.6) is 0 Å². The molecule has 1 saturated heterocycles. The van der Waals surface area contributed by atoms with E-state index in [0.29, 0.717) is 5.69 Å². The van der Waals surface area contributed by atoms with Crippen molar-refractivity contribution in [3.8, 4) is 11.3 Å². The van der Waals surface area contributed by atoms with Crippen molar-refractivity contribution in [3.05, 3.63) is 65.7 Å². The predicted octanol–water partition coefficient (Wildman–Crippen LogP) is 5.39. The maximum absolute atomic E-state index is 12.4. The lowest BCUT2D eigenvalue weighted by Gasteiger charge is -2.27. The number of nitrogens with zero attached hydrogens (tertiary/aromatic N) is 3. The third-order valence-electron chi connectivity index (χ3n) is 5.51. The lowest BCUT2D eigenvalue weighted by Crippen LogP contribution is -2.30. The summed E-state index contributed by atoms with van der Waals surface area (Å²) < 4.78 is 0. The fraction of sp³-hybridized carbons (Fsp3) is 0.292. The molecule has 0 saturated carbocycles. The van der Waals surface area contributed by atoms with Gasteiger partial charge in [0.25, 0.3) is 0 Å². The van der Waals surface area contributed by atoms with Crippen LogP contribution in [0.1, 0.15) is 30.4 Å². The van der Waals surface area contributed by atoms with E-state index in [9.17, 15) is 4.79 Å². The Morgan fingerprint density at radius 1 is 0.833 bits per heavy atom. The van der Waals surface area contributed by atoms with E-state index in [0.717, 1.165) is 41.4 Å². The van der Waals surface area contributed by atoms with E-state index < -0.39 is 0 Å². The Balaban J connectivity index is 1.43. The van der Waals surface area contributed by atoms with Crippen molar-refractivity contribution in [2.45, 2.75) is 33.1 Å². The van der Waals surface area contributed by atoms with E-state index in [1.165, 1.54) is 24.8 Å². The third kappa shape index (κ3) is 4.76. The van der Waals surface area contributed by atoms with Crippen molar-refractivity contribution < 1.29 is 4.79 Å². The second kappa shape index (κ2) is 8.95. The Hall–Kier alpha value is -3.41. The van der Waals surface area contributed by atoms with Crippen molar-refractivity contribution in [3.63, 3.8) is 0 Å². The first-order valence-electron chi connectivity index (χ1n) is 10.4. The summed E-state index contributed by atoms with van der Waals surface area (Å²) >= 11 is 0. The predicted molar refractivity (Wildman–Crippen MR) is 122 cm³/mol. The number of hydrogen-bond donors (Lipinski definition) is 2. The first kappa shape index (κ1) is 19.9. The molecule has 1 aliphatic heterocycles. The van der Waals surface area contributed by atoms with Crippen LogP contribution in [0.25, 0.3) is 11.3 Å². The van der Waals surface area contributed by atoms with Crippen LogP contribution in [0.3, 0.4) is 0 Å². The number of amides is 2. The zero-order valence-corrected chi connectivity index (χ0v) is 17.5. The highest BCUT2D eigenvalue weighted by atomic mass is 16.2. The minimum absolute atomic E-state index is 0.276. The van der Waals surface area contributed by atoms with Gasteiger partial charge in [-0.05, 0) is 80.6 Å². The number of piperidine rings is 1. The molecule has 0 unspecified atom stereocenters. The van der Waals surface area contributed by atoms with E-state index >= 15 is 0 Å². The molecule has 2 N–H and O–H groups in total. The Kier molecular flexibility index (Phi) is 5.93. The zero-order chi connectivity index (χ0) is 20.9. The number of aryl methyl sites for hydroxylation is 2. The third-order valence-corrected chi connectivity index (χ3v) is 5.51. The normalized spacial score (nSPS) is 13.7. The van der Waals surface area contributed by atoms with Gasteiger partial charge >= 0.3 is 6.03 Å². The molecule has 30 heavy (non-hydrogen) atoms. The van der Waals surface area contributed by atoms with Crippen LogP contribution < -0.4 is 15.5 Å². The van der Waals surface area contributed by atoms with Crippen LogP contribution in [-0.4, -0.2) is 29.3 Å². The molecule has 0 bridgehead atoms. The SMILES string of the molecule is Cc1ccc(NC(=O)Nc2cccc(-c3ccc(N4CCCCC4)nn3)c2)cc1C. The molecule has 0 radical (unpaired) electrons. The van der Waals surface area contributed by atoms with Crippen LogP contribution in [-0.2, 0) is 0 Å². The summed E-state index contributed by atoms with van der Waals surface area (Å²) in [5, 5.41) is 14.6. The molecular formula is C24H27N5O. The van der Waals surface area contributed by atoms with E-state index in [1.807, 2.05) is 68.4 Å². The average molecular weight is 402 g/mol. The number of anilines is 3. The monoisotopic (exact) mass is 401 g/mol. The zero-order valence-electron chi connectivity index (χ0n) is 17.5. The van der Waals surface area contributed by atoms with Crippen molar-refractivity contribution in [1.82, 2.24) is 10.2 Å². The van der Waals surface area contributed by atoms with Gasteiger partial charge in [-0.25, -0.2) is 4.79 Å². The summed E-state index contributed by atoms with van der Waals surface area (Å²) in [5.41, 5.74) is 5.51. The number of carbonyl (C=O) groups excluding carboxylic acids is 1. The first-order valence-corrected chi connectivity index (χ1v) is 10.4. The minimum atomic E-state index is -0.276. The molecule has 6 heteroatoms. The van der Waals surface area contributed by atoms with Crippen LogP contribution in [0, 0.1) is 13.8 Å². The fourth-order valence-electron chi connectivity index (χ4n) is 3.64. The lowest BCUT2D eigenvalue weighted by molar-refractivity contribution is 0.262. The molecule has 2 amide bonds. The van der Waals surface area contributed by atoms with Gasteiger partial charge in [0, 0.05) is 30.0 Å². The average Bonchev–Trinajstić information content (AvgIpc) is 2.77. The molecule has 1 aliphatic rings. The lowest BCUT2D eigenvalue weighted by atomic mass is 10.1. The van der Waals surface area contributed by atoms with Gasteiger partial charge in [0.1, 0.15) is 0 Å². The maximum atomic E-state index is 12.4. The largest absolute Gasteiger partial charge is 0.355 e. The van der Waals surface area contributed by atoms with Gasteiger partial charge in [-0.15, -0.1) is 10.2 Å². The molecule has 0 spiro atoms. The molecule has 1 aromatic heterocycles. The number of rotatable bonds is 4. The summed E-state index contributed by atoms with van der Waals surface area (Å²) in [6.07, 6.45) is 3.71. The van der Waals surface area contributed by atoms with Crippen molar-refractivity contribution in [2.24, 2.45) is 0 Å². The number of carbonyl (C=O) groups is 1. The van der Waals surface area contributed by atoms with E-state index in [-0.39, 0.29) is 6.03 Å². The Bertz CT molecular complexity index is 1030. The van der Waals surface area contributed by atoms with E-state index in [2.05, 4.69) is 25.7 Å². The Morgan fingerprint density at radius 2 is 1.60 bits per heavy atom. The standard InChI is InChI=1S/C24H27N5O/c1-17-9-10-21(15-18(17)2)26-24(30)25-20-8-6-7-19(16-20)22-11-12-23(28-27-22)29-13-4-3-5-14-29/h6-12,15-16H,3-5,13-14H2,1-2H3,(H2,25,26,30). The van der Waals surface area contributed by atoms with Crippen LogP contribution in [0.2, 0.25) is 0 Å². The molecule has 0 aliphatic carbocycles. The van der Waals surface area contributed by atoms with Crippen molar-refractivity contribution in [2.75, 3.05) is 28.6 Å². The van der Waals surface area contributed by atoms with Gasteiger partial charge in [0.2, 0.25) is 0 Å². The number of nitrogens with one attached hydrogen (secondary N) is 2. The Labute approximate surface area is 177 Å². The summed E-state index contributed by atoms with van der Waals surface area (Å²) in [6.45, 7) is 6.16. The number of benzene rings is 2. The summed E-state index contributed by atoms with van der Waals surface area (Å²) in [6, 6.07) is 17.2. The van der Waals surface area contributed by atoms with E-state index in [1.54, 1.807) is 0 Å². The quantitative estimate of drug-likeness (QED) is 0.614. The van der Waals surface area contributed by atoms with Gasteiger partial charge < -0.3 is 15.5 Å². The molecule has 0 atom stereocenters. The van der Waals surface area contributed by atoms with Gasteiger partial charge in [-0.3, -0.25) is 0 Å². The maximum Gasteiger partial charge on any atom is 0.323 e. The highest BCUT2D eigenvalue weighted by Gasteiger charge is 2.13. The summed E-state index contributed by atoms with van der Waals surface area (Å²) in [7, 11) is 0. The molecule has 154 valence electrons. The second-order valence-electron chi connectivity index (χ2n) is 7.78. The van der Waals surface area contributed by atoms with E-state index in [4.69, 9.17) is 0 Å². The van der Waals surface area contributed by atoms with Gasteiger partial charge in [0.15, 0.2) is 5.82 Å². The highest BCUT2D eigenvalue weighted by molar-refractivity contribution is 6.00. The van der Waals surface area contributed by atoms with Crippen LogP contribution in [0.15, 0.2) is 54.6 Å². The molecule has 2 heterocycles. The molecule has 1 fully saturated rings. The second-order valence-corrected chi connectivity index (χ2v) is 7.78. The van der Waals surface area contributed by atoms with Gasteiger partial charge in [-0.2, -0.15) is 0 Å². The molecule has 4 rings (SSSR count). The van der Waals surface area contributed by atoms with Gasteiger partial charge in [-0.1, -0.05) is 18.2 Å². The number of urea groups is 1. The summed E-state index contributed by atoms with van der Waals surface area (Å²) in [5.74, 6) is 0.931.